The lowest BCUT2D eigenvalue weighted by atomic mass is 10.1. The first-order valence-corrected chi connectivity index (χ1v) is 10.3. The molecule has 0 aromatic heterocycles. The third-order valence-electron chi connectivity index (χ3n) is 1.93. The van der Waals surface area contributed by atoms with Crippen LogP contribution in [-0.2, 0) is 4.79 Å². The Morgan fingerprint density at radius 3 is 2.12 bits per heavy atom. The summed E-state index contributed by atoms with van der Waals surface area (Å²) < 4.78 is -0.0583. The molecule has 0 aliphatic heterocycles. The quantitative estimate of drug-likeness (QED) is 0.620. The Labute approximate surface area is 111 Å². The van der Waals surface area contributed by atoms with Gasteiger partial charge in [0.25, 0.3) is 0 Å². The summed E-state index contributed by atoms with van der Waals surface area (Å²) in [5, 5.41) is 0.134. The van der Waals surface area contributed by atoms with E-state index in [9.17, 15) is 4.79 Å². The molecular weight excluding hydrogens is 246 g/mol. The van der Waals surface area contributed by atoms with E-state index in [4.69, 9.17) is 5.73 Å². The van der Waals surface area contributed by atoms with Crippen molar-refractivity contribution in [1.82, 2.24) is 0 Å². The maximum absolute atomic E-state index is 12.0. The summed E-state index contributed by atoms with van der Waals surface area (Å²) in [5.74, 6) is 2.84. The Balaban J connectivity index is 4.55. The molecule has 0 aliphatic rings. The fourth-order valence-electron chi connectivity index (χ4n) is 0.966. The van der Waals surface area contributed by atoms with Gasteiger partial charge < -0.3 is 5.73 Å². The van der Waals surface area contributed by atoms with E-state index in [1.165, 1.54) is 11.8 Å². The van der Waals surface area contributed by atoms with Gasteiger partial charge in [0, 0.05) is 4.75 Å². The molecule has 0 fully saturated rings. The third-order valence-corrected chi connectivity index (χ3v) is 4.01. The maximum atomic E-state index is 12.0. The van der Waals surface area contributed by atoms with Gasteiger partial charge in [0.05, 0.1) is 12.0 Å². The number of rotatable bonds is 2. The normalized spacial score (nSPS) is 15.8. The molecule has 0 spiro atoms. The average molecular weight is 272 g/mol. The first-order chi connectivity index (χ1) is 7.42. The Kier molecular flexibility index (Phi) is 5.99. The van der Waals surface area contributed by atoms with Crippen LogP contribution in [0.15, 0.2) is 0 Å². The van der Waals surface area contributed by atoms with E-state index in [1.54, 1.807) is 0 Å². The maximum Gasteiger partial charge on any atom is 0.194 e. The van der Waals surface area contributed by atoms with Crippen molar-refractivity contribution in [2.45, 2.75) is 58.1 Å². The minimum atomic E-state index is -1.41. The van der Waals surface area contributed by atoms with Crippen LogP contribution in [0.3, 0.4) is 0 Å². The van der Waals surface area contributed by atoms with Crippen LogP contribution in [0.4, 0.5) is 0 Å². The van der Waals surface area contributed by atoms with Crippen molar-refractivity contribution in [2.75, 3.05) is 0 Å². The molecule has 0 amide bonds. The lowest BCUT2D eigenvalue weighted by Crippen LogP contribution is -2.33. The average Bonchev–Trinajstić information content (AvgIpc) is 2.08. The van der Waals surface area contributed by atoms with Gasteiger partial charge in [-0.15, -0.1) is 5.54 Å². The zero-order valence-electron chi connectivity index (χ0n) is 12.0. The van der Waals surface area contributed by atoms with Crippen molar-refractivity contribution in [2.24, 2.45) is 11.7 Å². The second kappa shape index (κ2) is 6.08. The molecule has 98 valence electrons. The van der Waals surface area contributed by atoms with Gasteiger partial charge in [0.2, 0.25) is 0 Å². The van der Waals surface area contributed by atoms with Crippen molar-refractivity contribution in [3.05, 3.63) is 0 Å². The smallest absolute Gasteiger partial charge is 0.194 e. The highest BCUT2D eigenvalue weighted by atomic mass is 32.2. The van der Waals surface area contributed by atoms with E-state index >= 15 is 0 Å². The molecule has 2 N–H and O–H groups in total. The number of hydrogen-bond donors (Lipinski definition) is 1. The first-order valence-electron chi connectivity index (χ1n) is 5.93. The molecule has 0 heterocycles. The van der Waals surface area contributed by atoms with Crippen LogP contribution in [0.2, 0.25) is 19.6 Å². The summed E-state index contributed by atoms with van der Waals surface area (Å²) in [6.07, 6.45) is 0. The molecular formula is C13H25NOSSi. The van der Waals surface area contributed by atoms with E-state index in [1.807, 2.05) is 27.7 Å². The Morgan fingerprint density at radius 2 is 1.76 bits per heavy atom. The zero-order chi connectivity index (χ0) is 13.9. The minimum Gasteiger partial charge on any atom is -0.317 e. The van der Waals surface area contributed by atoms with E-state index in [2.05, 4.69) is 31.1 Å². The van der Waals surface area contributed by atoms with E-state index in [-0.39, 0.29) is 21.8 Å². The summed E-state index contributed by atoms with van der Waals surface area (Å²) in [5.41, 5.74) is 9.18. The van der Waals surface area contributed by atoms with Gasteiger partial charge in [-0.25, -0.2) is 0 Å². The highest BCUT2D eigenvalue weighted by Gasteiger charge is 2.25. The summed E-state index contributed by atoms with van der Waals surface area (Å²) in [4.78, 5) is 12.0. The van der Waals surface area contributed by atoms with E-state index in [0.717, 1.165) is 0 Å². The number of hydrogen-bond acceptors (Lipinski definition) is 3. The minimum absolute atomic E-state index is 0.0583. The predicted octanol–water partition coefficient (Wildman–Crippen LogP) is 2.89. The van der Waals surface area contributed by atoms with Crippen molar-refractivity contribution in [3.63, 3.8) is 0 Å². The highest BCUT2D eigenvalue weighted by molar-refractivity contribution is 8.14. The van der Waals surface area contributed by atoms with Crippen LogP contribution in [-0.4, -0.2) is 24.0 Å². The van der Waals surface area contributed by atoms with Gasteiger partial charge in [0.15, 0.2) is 5.12 Å². The molecule has 2 atom stereocenters. The summed E-state index contributed by atoms with van der Waals surface area (Å²) in [6, 6.07) is -0.343. The van der Waals surface area contributed by atoms with Gasteiger partial charge >= 0.3 is 0 Å². The Hall–Kier alpha value is -0.243. The molecule has 0 bridgehead atoms. The van der Waals surface area contributed by atoms with Crippen molar-refractivity contribution in [3.8, 4) is 11.5 Å². The second-order valence-electron chi connectivity index (χ2n) is 6.37. The largest absolute Gasteiger partial charge is 0.317 e. The molecule has 0 saturated heterocycles. The Morgan fingerprint density at radius 1 is 1.29 bits per heavy atom. The Bertz CT molecular complexity index is 330. The number of nitrogens with two attached hydrogens (primary N) is 1. The first kappa shape index (κ1) is 16.8. The second-order valence-corrected chi connectivity index (χ2v) is 12.9. The molecule has 17 heavy (non-hydrogen) atoms. The van der Waals surface area contributed by atoms with Crippen LogP contribution in [0.1, 0.15) is 27.7 Å². The molecule has 0 rings (SSSR count). The number of carbonyl (C=O) groups is 1. The molecule has 0 aliphatic carbocycles. The molecule has 4 heteroatoms. The highest BCUT2D eigenvalue weighted by Crippen LogP contribution is 2.27. The fourth-order valence-corrected chi connectivity index (χ4v) is 2.50. The molecule has 0 aromatic carbocycles. The monoisotopic (exact) mass is 271 g/mol. The van der Waals surface area contributed by atoms with E-state index < -0.39 is 8.07 Å². The van der Waals surface area contributed by atoms with Gasteiger partial charge in [-0.2, -0.15) is 0 Å². The number of carbonyl (C=O) groups excluding carboxylic acids is 1. The predicted molar refractivity (Wildman–Crippen MR) is 80.6 cm³/mol. The summed E-state index contributed by atoms with van der Waals surface area (Å²) >= 11 is 1.35. The van der Waals surface area contributed by atoms with Gasteiger partial charge in [-0.1, -0.05) is 65.0 Å². The van der Waals surface area contributed by atoms with Crippen LogP contribution in [0.25, 0.3) is 0 Å². The van der Waals surface area contributed by atoms with Crippen LogP contribution in [0, 0.1) is 17.4 Å². The van der Waals surface area contributed by atoms with Crippen molar-refractivity contribution < 1.29 is 4.79 Å². The van der Waals surface area contributed by atoms with Gasteiger partial charge in [-0.05, 0) is 0 Å². The van der Waals surface area contributed by atoms with Crippen molar-refractivity contribution >= 4 is 25.0 Å². The summed E-state index contributed by atoms with van der Waals surface area (Å²) in [6.45, 7) is 14.5. The molecule has 0 unspecified atom stereocenters. The van der Waals surface area contributed by atoms with Crippen molar-refractivity contribution in [1.29, 1.82) is 0 Å². The fraction of sp³-hybridized carbons (Fsp3) is 0.769. The third kappa shape index (κ3) is 8.48. The lowest BCUT2D eigenvalue weighted by Gasteiger charge is -2.20. The zero-order valence-corrected chi connectivity index (χ0v) is 13.9. The lowest BCUT2D eigenvalue weighted by molar-refractivity contribution is -0.114. The molecule has 2 nitrogen and oxygen atoms in total. The SMILES string of the molecule is C[C@@H](C(=O)SC(C)(C)C)[C@H](N)C#C[Si](C)(C)C. The van der Waals surface area contributed by atoms with Gasteiger partial charge in [-0.3, -0.25) is 4.79 Å². The topological polar surface area (TPSA) is 43.1 Å². The van der Waals surface area contributed by atoms with Gasteiger partial charge in [0.1, 0.15) is 8.07 Å². The van der Waals surface area contributed by atoms with E-state index in [0.29, 0.717) is 0 Å². The molecule has 0 radical (unpaired) electrons. The molecule has 0 saturated carbocycles. The standard InChI is InChI=1S/C13H25NOSSi/c1-10(12(15)16-13(2,3)4)11(14)8-9-17(5,6)7/h10-11H,14H2,1-7H3/t10-,11-/m1/s1. The van der Waals surface area contributed by atoms with Crippen LogP contribution < -0.4 is 5.73 Å². The van der Waals surface area contributed by atoms with Crippen LogP contribution >= 0.6 is 11.8 Å². The summed E-state index contributed by atoms with van der Waals surface area (Å²) in [7, 11) is -1.41. The van der Waals surface area contributed by atoms with Crippen LogP contribution in [0.5, 0.6) is 0 Å². The number of thioether (sulfide) groups is 1. The molecule has 0 aromatic rings.